The van der Waals surface area contributed by atoms with Gasteiger partial charge in [0.1, 0.15) is 5.69 Å². The molecule has 1 aliphatic rings. The van der Waals surface area contributed by atoms with Crippen LogP contribution in [-0.2, 0) is 0 Å². The number of hydrogen-bond donors (Lipinski definition) is 1. The Balaban J connectivity index is 1.88. The molecule has 0 aliphatic carbocycles. The summed E-state index contributed by atoms with van der Waals surface area (Å²) < 4.78 is 1.37. The van der Waals surface area contributed by atoms with Crippen molar-refractivity contribution in [2.24, 2.45) is 5.73 Å². The minimum absolute atomic E-state index is 0.0301. The SMILES string of the molecule is NCC1CCCCN1C(=O)c1ccn(-c2ccccc2[N+](=O)[O-])n1. The van der Waals surface area contributed by atoms with Crippen LogP contribution < -0.4 is 5.73 Å². The minimum Gasteiger partial charge on any atom is -0.333 e. The van der Waals surface area contributed by atoms with Gasteiger partial charge in [0.05, 0.1) is 4.92 Å². The molecule has 1 amide bonds. The quantitative estimate of drug-likeness (QED) is 0.679. The maximum absolute atomic E-state index is 12.7. The number of carbonyl (C=O) groups excluding carboxylic acids is 1. The van der Waals surface area contributed by atoms with E-state index in [1.165, 1.54) is 10.7 Å². The first-order valence-corrected chi connectivity index (χ1v) is 7.92. The fourth-order valence-corrected chi connectivity index (χ4v) is 3.04. The van der Waals surface area contributed by atoms with Gasteiger partial charge in [-0.1, -0.05) is 12.1 Å². The van der Waals surface area contributed by atoms with E-state index in [1.54, 1.807) is 35.4 Å². The molecule has 1 fully saturated rings. The van der Waals surface area contributed by atoms with Gasteiger partial charge in [-0.2, -0.15) is 5.10 Å². The third kappa shape index (κ3) is 3.00. The van der Waals surface area contributed by atoms with E-state index in [2.05, 4.69) is 5.10 Å². The van der Waals surface area contributed by atoms with E-state index in [0.29, 0.717) is 18.8 Å². The Bertz CT molecular complexity index is 758. The first kappa shape index (κ1) is 16.1. The van der Waals surface area contributed by atoms with Crippen LogP contribution in [0.25, 0.3) is 5.69 Å². The summed E-state index contributed by atoms with van der Waals surface area (Å²) in [7, 11) is 0. The second-order valence-electron chi connectivity index (χ2n) is 5.78. The largest absolute Gasteiger partial charge is 0.333 e. The summed E-state index contributed by atoms with van der Waals surface area (Å²) in [5.41, 5.74) is 6.31. The van der Waals surface area contributed by atoms with Gasteiger partial charge in [-0.25, -0.2) is 4.68 Å². The second-order valence-corrected chi connectivity index (χ2v) is 5.78. The highest BCUT2D eigenvalue weighted by Gasteiger charge is 2.28. The van der Waals surface area contributed by atoms with Crippen LogP contribution in [0.15, 0.2) is 36.5 Å². The number of amides is 1. The number of benzene rings is 1. The van der Waals surface area contributed by atoms with E-state index >= 15 is 0 Å². The monoisotopic (exact) mass is 329 g/mol. The van der Waals surface area contributed by atoms with Gasteiger partial charge in [0.25, 0.3) is 11.6 Å². The van der Waals surface area contributed by atoms with Crippen LogP contribution >= 0.6 is 0 Å². The number of carbonyl (C=O) groups is 1. The first-order chi connectivity index (χ1) is 11.6. The topological polar surface area (TPSA) is 107 Å². The summed E-state index contributed by atoms with van der Waals surface area (Å²) in [5, 5.41) is 15.4. The van der Waals surface area contributed by atoms with Crippen molar-refractivity contribution in [3.8, 4) is 5.69 Å². The van der Waals surface area contributed by atoms with E-state index in [9.17, 15) is 14.9 Å². The summed E-state index contributed by atoms with van der Waals surface area (Å²) in [4.78, 5) is 25.1. The average Bonchev–Trinajstić information content (AvgIpc) is 3.11. The lowest BCUT2D eigenvalue weighted by molar-refractivity contribution is -0.384. The third-order valence-corrected chi connectivity index (χ3v) is 4.29. The Hall–Kier alpha value is -2.74. The molecule has 24 heavy (non-hydrogen) atoms. The van der Waals surface area contributed by atoms with Crippen LogP contribution in [0, 0.1) is 10.1 Å². The average molecular weight is 329 g/mol. The zero-order valence-corrected chi connectivity index (χ0v) is 13.2. The van der Waals surface area contributed by atoms with Gasteiger partial charge in [0.15, 0.2) is 5.69 Å². The molecule has 2 N–H and O–H groups in total. The zero-order chi connectivity index (χ0) is 17.1. The van der Waals surface area contributed by atoms with Gasteiger partial charge < -0.3 is 10.6 Å². The summed E-state index contributed by atoms with van der Waals surface area (Å²) in [5.74, 6) is -0.178. The molecule has 0 radical (unpaired) electrons. The Morgan fingerprint density at radius 2 is 2.12 bits per heavy atom. The third-order valence-electron chi connectivity index (χ3n) is 4.29. The van der Waals surface area contributed by atoms with E-state index < -0.39 is 4.92 Å². The molecule has 8 heteroatoms. The Kier molecular flexibility index (Phi) is 4.57. The Morgan fingerprint density at radius 1 is 1.33 bits per heavy atom. The molecule has 1 aliphatic heterocycles. The standard InChI is InChI=1S/C16H19N5O3/c17-11-12-5-3-4-9-19(12)16(22)13-8-10-20(18-13)14-6-1-2-7-15(14)21(23)24/h1-2,6-8,10,12H,3-5,9,11,17H2. The van der Waals surface area contributed by atoms with Crippen LogP contribution in [0.1, 0.15) is 29.8 Å². The number of aromatic nitrogens is 2. The van der Waals surface area contributed by atoms with Gasteiger partial charge in [0, 0.05) is 31.4 Å². The number of piperidine rings is 1. The summed E-state index contributed by atoms with van der Waals surface area (Å²) >= 11 is 0. The van der Waals surface area contributed by atoms with Crippen LogP contribution in [0.4, 0.5) is 5.69 Å². The molecular formula is C16H19N5O3. The molecule has 2 heterocycles. The Morgan fingerprint density at radius 3 is 2.88 bits per heavy atom. The minimum atomic E-state index is -0.465. The van der Waals surface area contributed by atoms with Crippen molar-refractivity contribution in [2.45, 2.75) is 25.3 Å². The normalized spacial score (nSPS) is 17.7. The molecule has 2 aromatic rings. The highest BCUT2D eigenvalue weighted by Crippen LogP contribution is 2.23. The fraction of sp³-hybridized carbons (Fsp3) is 0.375. The summed E-state index contributed by atoms with van der Waals surface area (Å²) in [6.45, 7) is 1.09. The number of para-hydroxylation sites is 2. The van der Waals surface area contributed by atoms with Crippen molar-refractivity contribution >= 4 is 11.6 Å². The van der Waals surface area contributed by atoms with Gasteiger partial charge in [-0.05, 0) is 31.4 Å². The number of nitrogens with two attached hydrogens (primary N) is 1. The molecule has 126 valence electrons. The van der Waals surface area contributed by atoms with Crippen molar-refractivity contribution in [1.29, 1.82) is 0 Å². The van der Waals surface area contributed by atoms with Crippen LogP contribution in [0.2, 0.25) is 0 Å². The van der Waals surface area contributed by atoms with E-state index in [-0.39, 0.29) is 23.3 Å². The number of nitrogens with zero attached hydrogens (tertiary/aromatic N) is 4. The predicted octanol–water partition coefficient (Wildman–Crippen LogP) is 1.73. The highest BCUT2D eigenvalue weighted by atomic mass is 16.6. The van der Waals surface area contributed by atoms with Gasteiger partial charge in [-0.3, -0.25) is 14.9 Å². The molecular weight excluding hydrogens is 310 g/mol. The lowest BCUT2D eigenvalue weighted by Gasteiger charge is -2.34. The van der Waals surface area contributed by atoms with Crippen molar-refractivity contribution in [1.82, 2.24) is 14.7 Å². The number of nitro groups is 1. The van der Waals surface area contributed by atoms with Crippen molar-refractivity contribution < 1.29 is 9.72 Å². The van der Waals surface area contributed by atoms with Crippen LogP contribution in [0.5, 0.6) is 0 Å². The maximum atomic E-state index is 12.7. The lowest BCUT2D eigenvalue weighted by Crippen LogP contribution is -2.47. The highest BCUT2D eigenvalue weighted by molar-refractivity contribution is 5.92. The predicted molar refractivity (Wildman–Crippen MR) is 87.9 cm³/mol. The fourth-order valence-electron chi connectivity index (χ4n) is 3.04. The van der Waals surface area contributed by atoms with Crippen molar-refractivity contribution in [2.75, 3.05) is 13.1 Å². The molecule has 3 rings (SSSR count). The first-order valence-electron chi connectivity index (χ1n) is 7.92. The molecule has 0 bridgehead atoms. The number of hydrogen-bond acceptors (Lipinski definition) is 5. The van der Waals surface area contributed by atoms with Gasteiger partial charge >= 0.3 is 0 Å². The van der Waals surface area contributed by atoms with Crippen molar-refractivity contribution in [3.63, 3.8) is 0 Å². The molecule has 0 saturated carbocycles. The smallest absolute Gasteiger partial charge is 0.294 e. The van der Waals surface area contributed by atoms with E-state index in [4.69, 9.17) is 5.73 Å². The summed E-state index contributed by atoms with van der Waals surface area (Å²) in [6.07, 6.45) is 4.48. The lowest BCUT2D eigenvalue weighted by atomic mass is 10.0. The van der Waals surface area contributed by atoms with E-state index in [0.717, 1.165) is 19.3 Å². The Labute approximate surface area is 139 Å². The summed E-state index contributed by atoms with van der Waals surface area (Å²) in [6, 6.07) is 7.91. The van der Waals surface area contributed by atoms with Gasteiger partial charge in [-0.15, -0.1) is 0 Å². The molecule has 1 saturated heterocycles. The number of rotatable bonds is 4. The van der Waals surface area contributed by atoms with Crippen molar-refractivity contribution in [3.05, 3.63) is 52.3 Å². The molecule has 1 aromatic carbocycles. The second kappa shape index (κ2) is 6.79. The van der Waals surface area contributed by atoms with Gasteiger partial charge in [0.2, 0.25) is 0 Å². The molecule has 0 spiro atoms. The van der Waals surface area contributed by atoms with E-state index in [1.807, 2.05) is 0 Å². The van der Waals surface area contributed by atoms with Crippen LogP contribution in [-0.4, -0.2) is 44.6 Å². The maximum Gasteiger partial charge on any atom is 0.294 e. The molecule has 1 aromatic heterocycles. The zero-order valence-electron chi connectivity index (χ0n) is 13.2. The number of nitro benzene ring substituents is 1. The number of likely N-dealkylation sites (tertiary alicyclic amines) is 1. The molecule has 1 atom stereocenters. The van der Waals surface area contributed by atoms with Crippen LogP contribution in [0.3, 0.4) is 0 Å². The molecule has 1 unspecified atom stereocenters. The molecule has 8 nitrogen and oxygen atoms in total.